The van der Waals surface area contributed by atoms with Crippen LogP contribution >= 0.6 is 43.2 Å². The van der Waals surface area contributed by atoms with Crippen LogP contribution in [-0.2, 0) is 0 Å². The van der Waals surface area contributed by atoms with Gasteiger partial charge in [-0.3, -0.25) is 4.79 Å². The average Bonchev–Trinajstić information content (AvgIpc) is 2.72. The molecule has 20 heavy (non-hydrogen) atoms. The zero-order valence-electron chi connectivity index (χ0n) is 9.51. The zero-order chi connectivity index (χ0) is 14.4. The SMILES string of the molecule is O=c1[nH]nc(-c2cc(Br)c(Br)s2)c2cc(F)c(F)cc12. The average molecular weight is 422 g/mol. The largest absolute Gasteiger partial charge is 0.272 e. The molecule has 1 N–H and O–H groups in total. The Labute approximate surface area is 131 Å². The first-order valence-corrected chi connectivity index (χ1v) is 7.70. The standard InChI is InChI=1S/C12H4Br2F2N2OS/c13-6-3-9(20-11(6)14)10-4-1-7(15)8(16)2-5(4)12(19)18-17-10/h1-3H,(H,18,19). The van der Waals surface area contributed by atoms with Crippen molar-refractivity contribution in [3.8, 4) is 10.6 Å². The maximum Gasteiger partial charge on any atom is 0.272 e. The summed E-state index contributed by atoms with van der Waals surface area (Å²) in [6, 6.07) is 3.66. The van der Waals surface area contributed by atoms with Crippen LogP contribution in [0.4, 0.5) is 8.78 Å². The molecule has 2 heterocycles. The van der Waals surface area contributed by atoms with Gasteiger partial charge in [-0.15, -0.1) is 11.3 Å². The van der Waals surface area contributed by atoms with Crippen LogP contribution in [0.2, 0.25) is 0 Å². The lowest BCUT2D eigenvalue weighted by molar-refractivity contribution is 0.511. The van der Waals surface area contributed by atoms with Gasteiger partial charge in [-0.1, -0.05) is 0 Å². The number of nitrogens with zero attached hydrogens (tertiary/aromatic N) is 1. The maximum atomic E-state index is 13.4. The van der Waals surface area contributed by atoms with Gasteiger partial charge in [0.05, 0.1) is 14.0 Å². The Balaban J connectivity index is 2.39. The molecule has 102 valence electrons. The normalized spacial score (nSPS) is 11.2. The molecule has 0 saturated heterocycles. The van der Waals surface area contributed by atoms with Gasteiger partial charge in [0.15, 0.2) is 11.6 Å². The summed E-state index contributed by atoms with van der Waals surface area (Å²) in [5.74, 6) is -2.07. The van der Waals surface area contributed by atoms with Crippen molar-refractivity contribution in [1.82, 2.24) is 10.2 Å². The van der Waals surface area contributed by atoms with Gasteiger partial charge in [0.2, 0.25) is 0 Å². The highest BCUT2D eigenvalue weighted by atomic mass is 79.9. The molecule has 0 spiro atoms. The minimum absolute atomic E-state index is 0.0644. The molecule has 3 nitrogen and oxygen atoms in total. The molecule has 0 fully saturated rings. The predicted octanol–water partition coefficient (Wildman–Crippen LogP) is 4.45. The van der Waals surface area contributed by atoms with E-state index in [2.05, 4.69) is 42.1 Å². The molecule has 0 radical (unpaired) electrons. The van der Waals surface area contributed by atoms with Crippen LogP contribution in [0.1, 0.15) is 0 Å². The first-order valence-electron chi connectivity index (χ1n) is 5.30. The Kier molecular flexibility index (Phi) is 3.47. The Bertz CT molecular complexity index is 872. The lowest BCUT2D eigenvalue weighted by Gasteiger charge is -2.03. The number of rotatable bonds is 1. The van der Waals surface area contributed by atoms with Gasteiger partial charge in [0.1, 0.15) is 5.69 Å². The molecule has 0 aliphatic carbocycles. The van der Waals surface area contributed by atoms with Crippen LogP contribution < -0.4 is 5.56 Å². The van der Waals surface area contributed by atoms with Gasteiger partial charge in [-0.25, -0.2) is 13.9 Å². The molecule has 0 atom stereocenters. The Morgan fingerprint density at radius 3 is 2.35 bits per heavy atom. The Morgan fingerprint density at radius 2 is 1.75 bits per heavy atom. The number of thiophene rings is 1. The molecule has 0 saturated carbocycles. The second-order valence-electron chi connectivity index (χ2n) is 3.95. The number of halogens is 4. The third kappa shape index (κ3) is 2.21. The van der Waals surface area contributed by atoms with Gasteiger partial charge in [0.25, 0.3) is 5.56 Å². The smallest absolute Gasteiger partial charge is 0.267 e. The van der Waals surface area contributed by atoms with Crippen molar-refractivity contribution in [2.75, 3.05) is 0 Å². The summed E-state index contributed by atoms with van der Waals surface area (Å²) in [4.78, 5) is 12.4. The van der Waals surface area contributed by atoms with Crippen molar-refractivity contribution in [2.24, 2.45) is 0 Å². The molecule has 3 rings (SSSR count). The second kappa shape index (κ2) is 5.01. The highest BCUT2D eigenvalue weighted by Crippen LogP contribution is 2.39. The Hall–Kier alpha value is -1.12. The second-order valence-corrected chi connectivity index (χ2v) is 7.17. The quantitative estimate of drug-likeness (QED) is 0.630. The summed E-state index contributed by atoms with van der Waals surface area (Å²) in [5.41, 5.74) is -0.160. The van der Waals surface area contributed by atoms with Crippen LogP contribution in [0.15, 0.2) is 31.3 Å². The van der Waals surface area contributed by atoms with E-state index in [1.165, 1.54) is 11.3 Å². The van der Waals surface area contributed by atoms with Gasteiger partial charge >= 0.3 is 0 Å². The summed E-state index contributed by atoms with van der Waals surface area (Å²) in [6.07, 6.45) is 0. The van der Waals surface area contributed by atoms with E-state index >= 15 is 0 Å². The first-order chi connectivity index (χ1) is 9.47. The van der Waals surface area contributed by atoms with E-state index in [4.69, 9.17) is 0 Å². The third-order valence-corrected chi connectivity index (χ3v) is 5.97. The van der Waals surface area contributed by atoms with Gasteiger partial charge in [-0.05, 0) is 50.1 Å². The van der Waals surface area contributed by atoms with Gasteiger partial charge in [-0.2, -0.15) is 5.10 Å². The predicted molar refractivity (Wildman–Crippen MR) is 81.0 cm³/mol. The molecule has 0 unspecified atom stereocenters. The summed E-state index contributed by atoms with van der Waals surface area (Å²) in [5, 5.41) is 6.58. The highest BCUT2D eigenvalue weighted by Gasteiger charge is 2.15. The van der Waals surface area contributed by atoms with Crippen molar-refractivity contribution in [3.63, 3.8) is 0 Å². The molecule has 2 aromatic heterocycles. The molecule has 0 bridgehead atoms. The molecule has 0 aliphatic heterocycles. The number of benzene rings is 1. The van der Waals surface area contributed by atoms with Crippen LogP contribution in [0, 0.1) is 11.6 Å². The van der Waals surface area contributed by atoms with E-state index in [-0.39, 0.29) is 10.8 Å². The molecule has 8 heteroatoms. The lowest BCUT2D eigenvalue weighted by atomic mass is 10.1. The summed E-state index contributed by atoms with van der Waals surface area (Å²) in [7, 11) is 0. The Morgan fingerprint density at radius 1 is 1.10 bits per heavy atom. The van der Waals surface area contributed by atoms with Crippen LogP contribution in [-0.4, -0.2) is 10.2 Å². The fourth-order valence-corrected chi connectivity index (χ4v) is 3.85. The number of nitrogens with one attached hydrogen (secondary N) is 1. The minimum atomic E-state index is -1.06. The van der Waals surface area contributed by atoms with E-state index < -0.39 is 17.2 Å². The van der Waals surface area contributed by atoms with E-state index in [0.29, 0.717) is 5.69 Å². The van der Waals surface area contributed by atoms with E-state index in [0.717, 1.165) is 25.3 Å². The number of hydrogen-bond donors (Lipinski definition) is 1. The van der Waals surface area contributed by atoms with Crippen molar-refractivity contribution >= 4 is 54.0 Å². The van der Waals surface area contributed by atoms with Gasteiger partial charge < -0.3 is 0 Å². The van der Waals surface area contributed by atoms with Crippen molar-refractivity contribution in [3.05, 3.63) is 48.4 Å². The van der Waals surface area contributed by atoms with E-state index in [1.807, 2.05) is 0 Å². The highest BCUT2D eigenvalue weighted by molar-refractivity contribution is 9.13. The molecular weight excluding hydrogens is 418 g/mol. The summed E-state index contributed by atoms with van der Waals surface area (Å²) < 4.78 is 28.4. The lowest BCUT2D eigenvalue weighted by Crippen LogP contribution is -2.10. The number of aromatic amines is 1. The summed E-state index contributed by atoms with van der Waals surface area (Å²) in [6.45, 7) is 0. The van der Waals surface area contributed by atoms with Crippen molar-refractivity contribution in [2.45, 2.75) is 0 Å². The fourth-order valence-electron chi connectivity index (χ4n) is 1.81. The minimum Gasteiger partial charge on any atom is -0.267 e. The van der Waals surface area contributed by atoms with Crippen LogP contribution in [0.3, 0.4) is 0 Å². The van der Waals surface area contributed by atoms with Crippen molar-refractivity contribution in [1.29, 1.82) is 0 Å². The first kappa shape index (κ1) is 13.8. The van der Waals surface area contributed by atoms with E-state index in [9.17, 15) is 13.6 Å². The van der Waals surface area contributed by atoms with E-state index in [1.54, 1.807) is 6.07 Å². The molecule has 1 aromatic carbocycles. The molecule has 0 aliphatic rings. The van der Waals surface area contributed by atoms with Crippen LogP contribution in [0.25, 0.3) is 21.3 Å². The maximum absolute atomic E-state index is 13.4. The van der Waals surface area contributed by atoms with Gasteiger partial charge in [0, 0.05) is 9.86 Å². The number of fused-ring (bicyclic) bond motifs is 1. The monoisotopic (exact) mass is 420 g/mol. The third-order valence-electron chi connectivity index (χ3n) is 2.71. The molecule has 3 aromatic rings. The topological polar surface area (TPSA) is 45.8 Å². The summed E-state index contributed by atoms with van der Waals surface area (Å²) >= 11 is 8.07. The fraction of sp³-hybridized carbons (Fsp3) is 0. The zero-order valence-corrected chi connectivity index (χ0v) is 13.5. The molecular formula is C12H4Br2F2N2OS. The van der Waals surface area contributed by atoms with Crippen LogP contribution in [0.5, 0.6) is 0 Å². The van der Waals surface area contributed by atoms with Crippen molar-refractivity contribution < 1.29 is 8.78 Å². The number of aromatic nitrogens is 2. The number of H-pyrrole nitrogens is 1. The molecule has 0 amide bonds. The number of hydrogen-bond acceptors (Lipinski definition) is 3.